The number of anilines is 2. The summed E-state index contributed by atoms with van der Waals surface area (Å²) in [6, 6.07) is 10.4. The molecule has 268 valence electrons. The predicted octanol–water partition coefficient (Wildman–Crippen LogP) is 5.27. The van der Waals surface area contributed by atoms with Gasteiger partial charge in [0.25, 0.3) is 11.4 Å². The van der Waals surface area contributed by atoms with Crippen molar-refractivity contribution in [3.63, 3.8) is 0 Å². The molecule has 2 aromatic carbocycles. The highest BCUT2D eigenvalue weighted by Gasteiger charge is 2.28. The zero-order valence-corrected chi connectivity index (χ0v) is 28.6. The Labute approximate surface area is 285 Å². The zero-order valence-electron chi connectivity index (χ0n) is 28.6. The summed E-state index contributed by atoms with van der Waals surface area (Å²) in [5, 5.41) is 22.6. The number of hydrogen-bond acceptors (Lipinski definition) is 13. The van der Waals surface area contributed by atoms with Crippen LogP contribution in [0.15, 0.2) is 36.4 Å². The summed E-state index contributed by atoms with van der Waals surface area (Å²) in [4.78, 5) is 70.1. The lowest BCUT2D eigenvalue weighted by Crippen LogP contribution is -2.30. The Morgan fingerprint density at radius 1 is 0.633 bits per heavy atom. The van der Waals surface area contributed by atoms with E-state index in [1.54, 1.807) is 45.9 Å². The second kappa shape index (κ2) is 21.0. The number of Topliss-reactive ketones (excluding diaryl/α,β-unsaturated/α-hetero) is 1. The minimum absolute atomic E-state index is 0.0907. The zero-order chi connectivity index (χ0) is 36.3. The largest absolute Gasteiger partial charge is 0.460 e. The molecule has 0 saturated carbocycles. The van der Waals surface area contributed by atoms with Gasteiger partial charge in [-0.1, -0.05) is 24.3 Å². The maximum Gasteiger partial charge on any atom is 0.417 e. The van der Waals surface area contributed by atoms with Crippen molar-refractivity contribution >= 4 is 46.4 Å². The molecule has 0 aliphatic carbocycles. The van der Waals surface area contributed by atoms with Crippen LogP contribution in [-0.2, 0) is 39.8 Å². The van der Waals surface area contributed by atoms with Crippen LogP contribution in [0.5, 0.6) is 0 Å². The second-order valence-electron chi connectivity index (χ2n) is 11.1. The molecular formula is C34H46N4O11. The standard InChI is InChI=1S/C16H20N2O5.C12H16N2O2.C6H10O4/c1-2-23-16(20)14(19)11-12-7-6-8-13(15(12)18(21)22)17-9-4-3-5-10-17;1-10-6-5-7-11(12(10)14(15)16)13-8-3-2-4-9-13;1-3-9-5(7)6(8)10-4-2/h6-8H,2-5,9-11H2,1H3;5-7H,2-4,8-9H2,1H3;3-4H2,1-2H3. The number of para-hydroxylation sites is 2. The van der Waals surface area contributed by atoms with Gasteiger partial charge in [-0.2, -0.15) is 0 Å². The Kier molecular flexibility index (Phi) is 17.2. The molecule has 15 heteroatoms. The Bertz CT molecular complexity index is 1440. The molecular weight excluding hydrogens is 640 g/mol. The number of nitrogens with zero attached hydrogens (tertiary/aromatic N) is 4. The highest BCUT2D eigenvalue weighted by Crippen LogP contribution is 2.34. The molecule has 0 spiro atoms. The molecule has 4 rings (SSSR count). The van der Waals surface area contributed by atoms with Gasteiger partial charge in [0.2, 0.25) is 5.78 Å². The van der Waals surface area contributed by atoms with Crippen LogP contribution >= 0.6 is 0 Å². The molecule has 2 aliphatic heterocycles. The molecule has 0 atom stereocenters. The minimum Gasteiger partial charge on any atom is -0.460 e. The first-order valence-electron chi connectivity index (χ1n) is 16.5. The molecule has 0 unspecified atom stereocenters. The summed E-state index contributed by atoms with van der Waals surface area (Å²) in [6.07, 6.45) is 6.26. The summed E-state index contributed by atoms with van der Waals surface area (Å²) in [5.74, 6) is -3.58. The van der Waals surface area contributed by atoms with Gasteiger partial charge >= 0.3 is 17.9 Å². The van der Waals surface area contributed by atoms with E-state index < -0.39 is 28.6 Å². The molecule has 2 aliphatic rings. The fraction of sp³-hybridized carbons (Fsp3) is 0.529. The number of carbonyl (C=O) groups excluding carboxylic acids is 4. The maximum atomic E-state index is 11.9. The van der Waals surface area contributed by atoms with Gasteiger partial charge in [-0.15, -0.1) is 0 Å². The topological polar surface area (TPSA) is 189 Å². The summed E-state index contributed by atoms with van der Waals surface area (Å²) >= 11 is 0. The van der Waals surface area contributed by atoms with Crippen molar-refractivity contribution in [1.29, 1.82) is 0 Å². The number of ether oxygens (including phenoxy) is 3. The quantitative estimate of drug-likeness (QED) is 0.103. The van der Waals surface area contributed by atoms with Crippen LogP contribution in [0.4, 0.5) is 22.7 Å². The van der Waals surface area contributed by atoms with Crippen molar-refractivity contribution in [2.45, 2.75) is 72.6 Å². The number of carbonyl (C=O) groups is 4. The van der Waals surface area contributed by atoms with Crippen molar-refractivity contribution in [3.05, 3.63) is 67.8 Å². The number of hydrogen-bond donors (Lipinski definition) is 0. The summed E-state index contributed by atoms with van der Waals surface area (Å²) < 4.78 is 13.3. The van der Waals surface area contributed by atoms with Crippen LogP contribution in [-0.4, -0.2) is 79.5 Å². The van der Waals surface area contributed by atoms with Gasteiger partial charge in [-0.25, -0.2) is 14.4 Å². The Morgan fingerprint density at radius 3 is 1.47 bits per heavy atom. The molecule has 0 amide bonds. The van der Waals surface area contributed by atoms with Gasteiger partial charge in [0, 0.05) is 43.7 Å². The first-order chi connectivity index (χ1) is 23.5. The number of esters is 3. The Balaban J connectivity index is 0.000000278. The Morgan fingerprint density at radius 2 is 1.04 bits per heavy atom. The van der Waals surface area contributed by atoms with E-state index in [0.717, 1.165) is 69.5 Å². The van der Waals surface area contributed by atoms with Gasteiger partial charge in [0.15, 0.2) is 0 Å². The lowest BCUT2D eigenvalue weighted by Gasteiger charge is -2.28. The number of rotatable bonds is 10. The number of piperidine rings is 2. The first kappa shape index (κ1) is 40.1. The van der Waals surface area contributed by atoms with E-state index in [1.165, 1.54) is 12.5 Å². The summed E-state index contributed by atoms with van der Waals surface area (Å²) in [6.45, 7) is 10.5. The molecule has 2 fully saturated rings. The first-order valence-corrected chi connectivity index (χ1v) is 16.5. The third-order valence-electron chi connectivity index (χ3n) is 7.65. The van der Waals surface area contributed by atoms with Gasteiger partial charge in [0.05, 0.1) is 29.7 Å². The number of ketones is 1. The smallest absolute Gasteiger partial charge is 0.417 e. The van der Waals surface area contributed by atoms with Crippen LogP contribution in [0.1, 0.15) is 70.4 Å². The van der Waals surface area contributed by atoms with E-state index in [9.17, 15) is 39.4 Å². The van der Waals surface area contributed by atoms with Gasteiger partial charge < -0.3 is 24.0 Å². The summed E-state index contributed by atoms with van der Waals surface area (Å²) in [5.41, 5.74) is 2.47. The molecule has 0 N–H and O–H groups in total. The normalized spacial score (nSPS) is 13.8. The number of benzene rings is 2. The molecule has 15 nitrogen and oxygen atoms in total. The highest BCUT2D eigenvalue weighted by atomic mass is 16.6. The number of nitro groups is 2. The molecule has 49 heavy (non-hydrogen) atoms. The molecule has 2 aromatic rings. The fourth-order valence-corrected chi connectivity index (χ4v) is 5.43. The third-order valence-corrected chi connectivity index (χ3v) is 7.65. The molecule has 2 saturated heterocycles. The van der Waals surface area contributed by atoms with Crippen molar-refractivity contribution in [1.82, 2.24) is 0 Å². The average molecular weight is 687 g/mol. The predicted molar refractivity (Wildman–Crippen MR) is 182 cm³/mol. The lowest BCUT2D eigenvalue weighted by atomic mass is 10.0. The van der Waals surface area contributed by atoms with Crippen molar-refractivity contribution in [2.75, 3.05) is 55.8 Å². The van der Waals surface area contributed by atoms with Crippen molar-refractivity contribution < 1.29 is 43.2 Å². The van der Waals surface area contributed by atoms with Crippen molar-refractivity contribution in [3.8, 4) is 0 Å². The van der Waals surface area contributed by atoms with E-state index in [4.69, 9.17) is 0 Å². The second-order valence-corrected chi connectivity index (χ2v) is 11.1. The molecule has 0 bridgehead atoms. The van der Waals surface area contributed by atoms with E-state index in [-0.39, 0.29) is 48.1 Å². The Hall–Kier alpha value is -5.08. The van der Waals surface area contributed by atoms with E-state index >= 15 is 0 Å². The van der Waals surface area contributed by atoms with E-state index in [1.807, 2.05) is 17.0 Å². The number of nitro benzene ring substituents is 2. The monoisotopic (exact) mass is 686 g/mol. The van der Waals surface area contributed by atoms with Gasteiger partial charge in [-0.3, -0.25) is 25.0 Å². The van der Waals surface area contributed by atoms with E-state index in [0.29, 0.717) is 5.69 Å². The number of aryl methyl sites for hydroxylation is 1. The molecule has 2 heterocycles. The van der Waals surface area contributed by atoms with Crippen molar-refractivity contribution in [2.24, 2.45) is 0 Å². The van der Waals surface area contributed by atoms with Crippen LogP contribution in [0.2, 0.25) is 0 Å². The highest BCUT2D eigenvalue weighted by molar-refractivity contribution is 6.34. The lowest BCUT2D eigenvalue weighted by molar-refractivity contribution is -0.384. The molecule has 0 radical (unpaired) electrons. The SMILES string of the molecule is CCOC(=O)C(=O)Cc1cccc(N2CCCCC2)c1[N+](=O)[O-].CCOC(=O)C(=O)OCC.Cc1cccc(N2CCCCC2)c1[N+](=O)[O-]. The fourth-order valence-electron chi connectivity index (χ4n) is 5.43. The third kappa shape index (κ3) is 12.5. The minimum atomic E-state index is -0.954. The van der Waals surface area contributed by atoms with Gasteiger partial charge in [0.1, 0.15) is 11.4 Å². The van der Waals surface area contributed by atoms with Gasteiger partial charge in [-0.05, 0) is 78.4 Å². The maximum absolute atomic E-state index is 11.9. The van der Waals surface area contributed by atoms with Crippen LogP contribution in [0.25, 0.3) is 0 Å². The summed E-state index contributed by atoms with van der Waals surface area (Å²) in [7, 11) is 0. The van der Waals surface area contributed by atoms with Crippen LogP contribution < -0.4 is 9.80 Å². The average Bonchev–Trinajstić information content (AvgIpc) is 3.09. The van der Waals surface area contributed by atoms with Crippen LogP contribution in [0.3, 0.4) is 0 Å². The molecule has 0 aromatic heterocycles. The van der Waals surface area contributed by atoms with E-state index in [2.05, 4.69) is 19.1 Å². The van der Waals surface area contributed by atoms with Crippen LogP contribution in [0, 0.1) is 27.2 Å².